The molecule has 1 aromatic carbocycles. The molecule has 0 aliphatic rings. The van der Waals surface area contributed by atoms with E-state index in [1.807, 2.05) is 6.92 Å². The molecule has 0 saturated carbocycles. The number of rotatable bonds is 7. The first-order chi connectivity index (χ1) is 9.45. The molecule has 0 fully saturated rings. The highest BCUT2D eigenvalue weighted by Gasteiger charge is 2.25. The lowest BCUT2D eigenvalue weighted by molar-refractivity contribution is -0.140. The van der Waals surface area contributed by atoms with Crippen LogP contribution in [0.15, 0.2) is 29.2 Å². The number of methoxy groups -OCH3 is 1. The van der Waals surface area contributed by atoms with E-state index in [4.69, 9.17) is 4.74 Å². The van der Waals surface area contributed by atoms with Gasteiger partial charge in [0.05, 0.1) is 18.6 Å². The molecule has 0 N–H and O–H groups in total. The minimum Gasteiger partial charge on any atom is -0.494 e. The first-order valence-electron chi connectivity index (χ1n) is 6.25. The van der Waals surface area contributed by atoms with Crippen LogP contribution in [0.25, 0.3) is 0 Å². The lowest BCUT2D eigenvalue weighted by Crippen LogP contribution is -2.36. The average Bonchev–Trinajstić information content (AvgIpc) is 2.45. The fourth-order valence-corrected chi connectivity index (χ4v) is 2.99. The van der Waals surface area contributed by atoms with Crippen LogP contribution >= 0.6 is 0 Å². The number of sulfonamides is 1. The SMILES string of the molecule is CCOc1ccc(S(=O)(=O)N(CC)CC(=O)OC)cc1. The molecule has 7 heteroatoms. The molecule has 0 amide bonds. The van der Waals surface area contributed by atoms with Crippen LogP contribution in [0.4, 0.5) is 0 Å². The van der Waals surface area contributed by atoms with Crippen molar-refractivity contribution in [3.05, 3.63) is 24.3 Å². The summed E-state index contributed by atoms with van der Waals surface area (Å²) in [6, 6.07) is 6.09. The second kappa shape index (κ2) is 7.25. The van der Waals surface area contributed by atoms with Crippen LogP contribution in [-0.2, 0) is 19.6 Å². The third-order valence-corrected chi connectivity index (χ3v) is 4.59. The van der Waals surface area contributed by atoms with Gasteiger partial charge in [-0.3, -0.25) is 4.79 Å². The smallest absolute Gasteiger partial charge is 0.321 e. The number of esters is 1. The quantitative estimate of drug-likeness (QED) is 0.709. The third-order valence-electron chi connectivity index (χ3n) is 2.66. The number of nitrogens with zero attached hydrogens (tertiary/aromatic N) is 1. The Bertz CT molecular complexity index is 538. The molecule has 0 spiro atoms. The fourth-order valence-electron chi connectivity index (χ4n) is 1.60. The summed E-state index contributed by atoms with van der Waals surface area (Å²) in [6.07, 6.45) is 0. The molecule has 1 aromatic rings. The molecule has 1 rings (SSSR count). The number of hydrogen-bond acceptors (Lipinski definition) is 5. The molecule has 0 bridgehead atoms. The molecule has 0 aliphatic carbocycles. The first kappa shape index (κ1) is 16.5. The molecular weight excluding hydrogens is 282 g/mol. The second-order valence-electron chi connectivity index (χ2n) is 3.91. The topological polar surface area (TPSA) is 72.9 Å². The molecule has 0 aromatic heterocycles. The Morgan fingerprint density at radius 1 is 1.20 bits per heavy atom. The van der Waals surface area contributed by atoms with Gasteiger partial charge in [0, 0.05) is 6.54 Å². The summed E-state index contributed by atoms with van der Waals surface area (Å²) >= 11 is 0. The molecule has 20 heavy (non-hydrogen) atoms. The van der Waals surface area contributed by atoms with Crippen LogP contribution in [0.3, 0.4) is 0 Å². The monoisotopic (exact) mass is 301 g/mol. The first-order valence-corrected chi connectivity index (χ1v) is 7.69. The molecule has 0 aliphatic heterocycles. The standard InChI is InChI=1S/C13H19NO5S/c1-4-14(10-13(15)18-3)20(16,17)12-8-6-11(7-9-12)19-5-2/h6-9H,4-5,10H2,1-3H3. The molecule has 0 atom stereocenters. The van der Waals surface area contributed by atoms with Crippen LogP contribution in [0, 0.1) is 0 Å². The zero-order chi connectivity index (χ0) is 15.2. The highest BCUT2D eigenvalue weighted by atomic mass is 32.2. The van der Waals surface area contributed by atoms with Gasteiger partial charge < -0.3 is 9.47 Å². The fraction of sp³-hybridized carbons (Fsp3) is 0.462. The van der Waals surface area contributed by atoms with Gasteiger partial charge in [0.2, 0.25) is 10.0 Å². The van der Waals surface area contributed by atoms with Gasteiger partial charge in [0.25, 0.3) is 0 Å². The summed E-state index contributed by atoms with van der Waals surface area (Å²) in [5, 5.41) is 0. The molecule has 112 valence electrons. The summed E-state index contributed by atoms with van der Waals surface area (Å²) < 4.78 is 35.5. The number of carbonyl (C=O) groups is 1. The van der Waals surface area contributed by atoms with Crippen LogP contribution < -0.4 is 4.74 Å². The second-order valence-corrected chi connectivity index (χ2v) is 5.85. The number of hydrogen-bond donors (Lipinski definition) is 0. The number of carbonyl (C=O) groups excluding carboxylic acids is 1. The van der Waals surface area contributed by atoms with Crippen LogP contribution in [-0.4, -0.2) is 45.5 Å². The van der Waals surface area contributed by atoms with Gasteiger partial charge in [-0.2, -0.15) is 4.31 Å². The minimum absolute atomic E-state index is 0.117. The van der Waals surface area contributed by atoms with Crippen LogP contribution in [0.5, 0.6) is 5.75 Å². The van der Waals surface area contributed by atoms with Crippen molar-refractivity contribution in [2.45, 2.75) is 18.7 Å². The normalized spacial score (nSPS) is 11.4. The van der Waals surface area contributed by atoms with Gasteiger partial charge in [-0.05, 0) is 31.2 Å². The Kier molecular flexibility index (Phi) is 5.97. The largest absolute Gasteiger partial charge is 0.494 e. The van der Waals surface area contributed by atoms with E-state index in [0.717, 1.165) is 4.31 Å². The van der Waals surface area contributed by atoms with Crippen molar-refractivity contribution >= 4 is 16.0 Å². The molecule has 6 nitrogen and oxygen atoms in total. The maximum atomic E-state index is 12.4. The van der Waals surface area contributed by atoms with Crippen molar-refractivity contribution in [3.63, 3.8) is 0 Å². The number of likely N-dealkylation sites (N-methyl/N-ethyl adjacent to an activating group) is 1. The minimum atomic E-state index is -3.71. The van der Waals surface area contributed by atoms with Crippen molar-refractivity contribution < 1.29 is 22.7 Å². The van der Waals surface area contributed by atoms with Gasteiger partial charge in [0.15, 0.2) is 0 Å². The zero-order valence-electron chi connectivity index (χ0n) is 11.8. The highest BCUT2D eigenvalue weighted by molar-refractivity contribution is 7.89. The summed E-state index contributed by atoms with van der Waals surface area (Å²) in [6.45, 7) is 3.90. The molecule has 0 unspecified atom stereocenters. The summed E-state index contributed by atoms with van der Waals surface area (Å²) in [4.78, 5) is 11.4. The lowest BCUT2D eigenvalue weighted by atomic mass is 10.3. The third kappa shape index (κ3) is 3.94. The molecule has 0 heterocycles. The average molecular weight is 301 g/mol. The van der Waals surface area contributed by atoms with E-state index in [-0.39, 0.29) is 18.0 Å². The van der Waals surface area contributed by atoms with E-state index < -0.39 is 16.0 Å². The Balaban J connectivity index is 2.98. The van der Waals surface area contributed by atoms with Crippen molar-refractivity contribution in [2.75, 3.05) is 26.8 Å². The highest BCUT2D eigenvalue weighted by Crippen LogP contribution is 2.19. The van der Waals surface area contributed by atoms with Crippen molar-refractivity contribution in [1.82, 2.24) is 4.31 Å². The predicted octanol–water partition coefficient (Wildman–Crippen LogP) is 1.27. The van der Waals surface area contributed by atoms with E-state index in [2.05, 4.69) is 4.74 Å². The Labute approximate surface area is 119 Å². The van der Waals surface area contributed by atoms with Gasteiger partial charge in [-0.1, -0.05) is 6.92 Å². The van der Waals surface area contributed by atoms with E-state index in [9.17, 15) is 13.2 Å². The van der Waals surface area contributed by atoms with Gasteiger partial charge in [-0.25, -0.2) is 8.42 Å². The van der Waals surface area contributed by atoms with Gasteiger partial charge in [0.1, 0.15) is 12.3 Å². The number of ether oxygens (including phenoxy) is 2. The van der Waals surface area contributed by atoms with Crippen LogP contribution in [0.1, 0.15) is 13.8 Å². The zero-order valence-corrected chi connectivity index (χ0v) is 12.6. The van der Waals surface area contributed by atoms with E-state index in [0.29, 0.717) is 12.4 Å². The Hall–Kier alpha value is -1.60. The van der Waals surface area contributed by atoms with E-state index >= 15 is 0 Å². The van der Waals surface area contributed by atoms with E-state index in [1.54, 1.807) is 19.1 Å². The van der Waals surface area contributed by atoms with E-state index in [1.165, 1.54) is 19.2 Å². The Morgan fingerprint density at radius 2 is 1.80 bits per heavy atom. The maximum Gasteiger partial charge on any atom is 0.321 e. The maximum absolute atomic E-state index is 12.4. The van der Waals surface area contributed by atoms with Crippen molar-refractivity contribution in [3.8, 4) is 5.75 Å². The lowest BCUT2D eigenvalue weighted by Gasteiger charge is -2.19. The van der Waals surface area contributed by atoms with Crippen molar-refractivity contribution in [2.24, 2.45) is 0 Å². The Morgan fingerprint density at radius 3 is 2.25 bits per heavy atom. The summed E-state index contributed by atoms with van der Waals surface area (Å²) in [5.41, 5.74) is 0. The van der Waals surface area contributed by atoms with Gasteiger partial charge >= 0.3 is 5.97 Å². The molecular formula is C13H19NO5S. The van der Waals surface area contributed by atoms with Gasteiger partial charge in [-0.15, -0.1) is 0 Å². The number of benzene rings is 1. The van der Waals surface area contributed by atoms with Crippen LogP contribution in [0.2, 0.25) is 0 Å². The molecule has 0 radical (unpaired) electrons. The summed E-state index contributed by atoms with van der Waals surface area (Å²) in [5.74, 6) is 0.00354. The predicted molar refractivity (Wildman–Crippen MR) is 74.1 cm³/mol. The molecule has 0 saturated heterocycles. The summed E-state index contributed by atoms with van der Waals surface area (Å²) in [7, 11) is -2.49. The van der Waals surface area contributed by atoms with Crippen molar-refractivity contribution in [1.29, 1.82) is 0 Å².